The fourth-order valence-corrected chi connectivity index (χ4v) is 3.28. The number of hydrogen-bond donors (Lipinski definition) is 1. The summed E-state index contributed by atoms with van der Waals surface area (Å²) in [5, 5.41) is 7.31. The van der Waals surface area contributed by atoms with Gasteiger partial charge in [-0.1, -0.05) is 25.4 Å². The van der Waals surface area contributed by atoms with Crippen molar-refractivity contribution in [3.05, 3.63) is 11.7 Å². The molecule has 2 rings (SSSR count). The molecule has 1 atom stereocenters. The molecular formula is C16H29N5O. The van der Waals surface area contributed by atoms with Gasteiger partial charge in [-0.15, -0.1) is 0 Å². The highest BCUT2D eigenvalue weighted by Gasteiger charge is 2.31. The Morgan fingerprint density at radius 3 is 2.91 bits per heavy atom. The van der Waals surface area contributed by atoms with Crippen molar-refractivity contribution >= 4 is 5.96 Å². The zero-order valence-corrected chi connectivity index (χ0v) is 14.4. The smallest absolute Gasteiger partial charge is 0.223 e. The molecule has 6 nitrogen and oxygen atoms in total. The standard InChI is InChI=1S/C16H29N5O/c1-5-8-16(4)9-7-10-21(12-16)15(17-6-2)18-11-14-19-13(3)22-20-14/h5-12H2,1-4H3,(H,17,18). The molecule has 1 aliphatic heterocycles. The monoisotopic (exact) mass is 307 g/mol. The highest BCUT2D eigenvalue weighted by Crippen LogP contribution is 2.33. The van der Waals surface area contributed by atoms with E-state index in [-0.39, 0.29) is 0 Å². The topological polar surface area (TPSA) is 66.5 Å². The summed E-state index contributed by atoms with van der Waals surface area (Å²) in [6, 6.07) is 0. The first-order chi connectivity index (χ1) is 10.6. The Hall–Kier alpha value is -1.59. The maximum Gasteiger partial charge on any atom is 0.223 e. The normalized spacial score (nSPS) is 22.9. The predicted molar refractivity (Wildman–Crippen MR) is 87.7 cm³/mol. The lowest BCUT2D eigenvalue weighted by molar-refractivity contribution is 0.142. The molecule has 124 valence electrons. The van der Waals surface area contributed by atoms with E-state index in [9.17, 15) is 0 Å². The van der Waals surface area contributed by atoms with E-state index in [1.807, 2.05) is 0 Å². The number of aromatic nitrogens is 2. The van der Waals surface area contributed by atoms with Gasteiger partial charge >= 0.3 is 0 Å². The van der Waals surface area contributed by atoms with Crippen LogP contribution in [0.15, 0.2) is 9.52 Å². The van der Waals surface area contributed by atoms with Crippen LogP contribution in [-0.4, -0.2) is 40.6 Å². The van der Waals surface area contributed by atoms with Crippen LogP contribution < -0.4 is 5.32 Å². The van der Waals surface area contributed by atoms with E-state index in [0.29, 0.717) is 23.7 Å². The molecule has 1 saturated heterocycles. The summed E-state index contributed by atoms with van der Waals surface area (Å²) < 4.78 is 5.00. The number of aryl methyl sites for hydroxylation is 1. The second kappa shape index (κ2) is 7.61. The summed E-state index contributed by atoms with van der Waals surface area (Å²) in [4.78, 5) is 11.3. The Bertz CT molecular complexity index is 494. The molecule has 1 aliphatic rings. The van der Waals surface area contributed by atoms with Crippen molar-refractivity contribution in [1.29, 1.82) is 0 Å². The second-order valence-corrected chi connectivity index (χ2v) is 6.49. The number of guanidine groups is 1. The average Bonchev–Trinajstić information content (AvgIpc) is 2.89. The molecule has 0 spiro atoms. The van der Waals surface area contributed by atoms with Gasteiger partial charge in [0.25, 0.3) is 0 Å². The van der Waals surface area contributed by atoms with Crippen molar-refractivity contribution in [2.45, 2.75) is 59.9 Å². The Morgan fingerprint density at radius 2 is 2.27 bits per heavy atom. The molecule has 1 aromatic heterocycles. The molecule has 1 N–H and O–H groups in total. The SMILES string of the molecule is CCCC1(C)CCCN(C(=NCc2noc(C)n2)NCC)C1. The lowest BCUT2D eigenvalue weighted by Gasteiger charge is -2.42. The predicted octanol–water partition coefficient (Wildman–Crippen LogP) is 2.75. The minimum absolute atomic E-state index is 0.395. The number of aliphatic imine (C=N–C) groups is 1. The third-order valence-corrected chi connectivity index (χ3v) is 4.21. The fraction of sp³-hybridized carbons (Fsp3) is 0.812. The summed E-state index contributed by atoms with van der Waals surface area (Å²) in [6.07, 6.45) is 5.04. The van der Waals surface area contributed by atoms with E-state index >= 15 is 0 Å². The van der Waals surface area contributed by atoms with Crippen molar-refractivity contribution in [1.82, 2.24) is 20.4 Å². The van der Waals surface area contributed by atoms with Crippen molar-refractivity contribution in [2.75, 3.05) is 19.6 Å². The largest absolute Gasteiger partial charge is 0.357 e. The van der Waals surface area contributed by atoms with Gasteiger partial charge in [0.05, 0.1) is 0 Å². The van der Waals surface area contributed by atoms with Gasteiger partial charge in [-0.2, -0.15) is 4.98 Å². The van der Waals surface area contributed by atoms with Crippen LogP contribution in [-0.2, 0) is 6.54 Å². The van der Waals surface area contributed by atoms with Crippen LogP contribution in [0.4, 0.5) is 0 Å². The molecule has 0 radical (unpaired) electrons. The maximum absolute atomic E-state index is 5.00. The van der Waals surface area contributed by atoms with E-state index in [1.165, 1.54) is 25.7 Å². The quantitative estimate of drug-likeness (QED) is 0.669. The number of piperidine rings is 1. The molecule has 0 amide bonds. The number of nitrogens with zero attached hydrogens (tertiary/aromatic N) is 4. The van der Waals surface area contributed by atoms with Crippen LogP contribution in [0.25, 0.3) is 0 Å². The number of rotatable bonds is 5. The zero-order chi connectivity index (χ0) is 16.0. The Morgan fingerprint density at radius 1 is 1.45 bits per heavy atom. The molecular weight excluding hydrogens is 278 g/mol. The molecule has 0 aliphatic carbocycles. The minimum Gasteiger partial charge on any atom is -0.357 e. The lowest BCUT2D eigenvalue weighted by Crippen LogP contribution is -2.49. The maximum atomic E-state index is 5.00. The van der Waals surface area contributed by atoms with E-state index in [1.54, 1.807) is 6.92 Å². The van der Waals surface area contributed by atoms with Crippen molar-refractivity contribution in [2.24, 2.45) is 10.4 Å². The highest BCUT2D eigenvalue weighted by molar-refractivity contribution is 5.80. The molecule has 22 heavy (non-hydrogen) atoms. The number of likely N-dealkylation sites (tertiary alicyclic amines) is 1. The van der Waals surface area contributed by atoms with E-state index in [2.05, 4.69) is 41.1 Å². The molecule has 0 saturated carbocycles. The molecule has 0 bridgehead atoms. The second-order valence-electron chi connectivity index (χ2n) is 6.49. The van der Waals surface area contributed by atoms with Gasteiger partial charge in [0.2, 0.25) is 5.89 Å². The Kier molecular flexibility index (Phi) is 5.80. The molecule has 1 aromatic rings. The fourth-order valence-electron chi connectivity index (χ4n) is 3.28. The number of hydrogen-bond acceptors (Lipinski definition) is 4. The first kappa shape index (κ1) is 16.8. The van der Waals surface area contributed by atoms with Gasteiger partial charge < -0.3 is 14.7 Å². The van der Waals surface area contributed by atoms with Gasteiger partial charge in [-0.25, -0.2) is 4.99 Å². The first-order valence-electron chi connectivity index (χ1n) is 8.39. The summed E-state index contributed by atoms with van der Waals surface area (Å²) in [6.45, 7) is 12.0. The van der Waals surface area contributed by atoms with Crippen LogP contribution in [0.5, 0.6) is 0 Å². The van der Waals surface area contributed by atoms with Crippen molar-refractivity contribution < 1.29 is 4.52 Å². The van der Waals surface area contributed by atoms with Crippen LogP contribution in [0, 0.1) is 12.3 Å². The molecule has 6 heteroatoms. The summed E-state index contributed by atoms with van der Waals surface area (Å²) in [5.41, 5.74) is 0.395. The third-order valence-electron chi connectivity index (χ3n) is 4.21. The molecule has 1 fully saturated rings. The van der Waals surface area contributed by atoms with Crippen LogP contribution in [0.2, 0.25) is 0 Å². The molecule has 1 unspecified atom stereocenters. The van der Waals surface area contributed by atoms with Crippen LogP contribution >= 0.6 is 0 Å². The Labute approximate surface area is 133 Å². The summed E-state index contributed by atoms with van der Waals surface area (Å²) in [7, 11) is 0. The van der Waals surface area contributed by atoms with Crippen LogP contribution in [0.1, 0.15) is 58.2 Å². The van der Waals surface area contributed by atoms with Gasteiger partial charge in [-0.3, -0.25) is 0 Å². The number of nitrogens with one attached hydrogen (secondary N) is 1. The van der Waals surface area contributed by atoms with Crippen molar-refractivity contribution in [3.63, 3.8) is 0 Å². The minimum atomic E-state index is 0.395. The van der Waals surface area contributed by atoms with Gasteiger partial charge in [0.1, 0.15) is 6.54 Å². The lowest BCUT2D eigenvalue weighted by atomic mass is 9.78. The molecule has 0 aromatic carbocycles. The zero-order valence-electron chi connectivity index (χ0n) is 14.4. The first-order valence-corrected chi connectivity index (χ1v) is 8.39. The van der Waals surface area contributed by atoms with E-state index in [4.69, 9.17) is 9.52 Å². The molecule has 2 heterocycles. The van der Waals surface area contributed by atoms with Gasteiger partial charge in [0, 0.05) is 26.6 Å². The van der Waals surface area contributed by atoms with E-state index in [0.717, 1.165) is 25.6 Å². The highest BCUT2D eigenvalue weighted by atomic mass is 16.5. The van der Waals surface area contributed by atoms with Gasteiger partial charge in [-0.05, 0) is 31.6 Å². The average molecular weight is 307 g/mol. The van der Waals surface area contributed by atoms with E-state index < -0.39 is 0 Å². The van der Waals surface area contributed by atoms with Crippen LogP contribution in [0.3, 0.4) is 0 Å². The van der Waals surface area contributed by atoms with Gasteiger partial charge in [0.15, 0.2) is 11.8 Å². The Balaban J connectivity index is 2.05. The summed E-state index contributed by atoms with van der Waals surface area (Å²) >= 11 is 0. The summed E-state index contributed by atoms with van der Waals surface area (Å²) in [5.74, 6) is 2.19. The van der Waals surface area contributed by atoms with Crippen molar-refractivity contribution in [3.8, 4) is 0 Å². The third kappa shape index (κ3) is 4.45.